The van der Waals surface area contributed by atoms with E-state index in [2.05, 4.69) is 15.3 Å². The number of hydrogen-bond acceptors (Lipinski definition) is 4. The summed E-state index contributed by atoms with van der Waals surface area (Å²) in [5.74, 6) is -1.09. The van der Waals surface area contributed by atoms with E-state index in [1.54, 1.807) is 28.8 Å². The Morgan fingerprint density at radius 3 is 2.81 bits per heavy atom. The first-order valence-corrected chi connectivity index (χ1v) is 4.78. The lowest BCUT2D eigenvalue weighted by atomic mass is 10.2. The van der Waals surface area contributed by atoms with Crippen LogP contribution in [0.5, 0.6) is 0 Å². The third-order valence-electron chi connectivity index (χ3n) is 2.30. The molecule has 7 heteroatoms. The summed E-state index contributed by atoms with van der Waals surface area (Å²) in [5.41, 5.74) is 1.12. The van der Waals surface area contributed by atoms with Crippen LogP contribution in [0.3, 0.4) is 0 Å². The van der Waals surface area contributed by atoms with Crippen LogP contribution in [0.4, 0.5) is 0 Å². The minimum Gasteiger partial charge on any atom is -0.476 e. The predicted molar refractivity (Wildman–Crippen MR) is 54.9 cm³/mol. The van der Waals surface area contributed by atoms with Gasteiger partial charge in [0, 0.05) is 13.6 Å². The second kappa shape index (κ2) is 3.76. The average molecular weight is 221 g/mol. The first-order chi connectivity index (χ1) is 7.65. The molecule has 0 bridgehead atoms. The van der Waals surface area contributed by atoms with Gasteiger partial charge < -0.3 is 9.67 Å². The zero-order valence-electron chi connectivity index (χ0n) is 8.95. The number of carbonyl (C=O) groups is 1. The molecule has 0 saturated carbocycles. The van der Waals surface area contributed by atoms with Crippen LogP contribution in [-0.2, 0) is 13.6 Å². The third-order valence-corrected chi connectivity index (χ3v) is 2.30. The van der Waals surface area contributed by atoms with Gasteiger partial charge in [-0.2, -0.15) is 0 Å². The molecule has 0 atom stereocenters. The molecule has 0 spiro atoms. The van der Waals surface area contributed by atoms with Gasteiger partial charge in [-0.3, -0.25) is 0 Å². The van der Waals surface area contributed by atoms with E-state index in [0.717, 1.165) is 0 Å². The summed E-state index contributed by atoms with van der Waals surface area (Å²) in [7, 11) is 1.79. The molecule has 7 nitrogen and oxygen atoms in total. The molecule has 0 saturated heterocycles. The third kappa shape index (κ3) is 1.46. The van der Waals surface area contributed by atoms with E-state index in [-0.39, 0.29) is 5.69 Å². The topological polar surface area (TPSA) is 85.8 Å². The lowest BCUT2D eigenvalue weighted by Gasteiger charge is -2.04. The van der Waals surface area contributed by atoms with Crippen molar-refractivity contribution in [1.29, 1.82) is 0 Å². The molecule has 2 aromatic rings. The minimum atomic E-state index is -1.09. The van der Waals surface area contributed by atoms with Gasteiger partial charge in [0.15, 0.2) is 5.69 Å². The Morgan fingerprint density at radius 2 is 2.31 bits per heavy atom. The van der Waals surface area contributed by atoms with Crippen LogP contribution < -0.4 is 0 Å². The fourth-order valence-corrected chi connectivity index (χ4v) is 1.52. The Labute approximate surface area is 91.3 Å². The fourth-order valence-electron chi connectivity index (χ4n) is 1.52. The van der Waals surface area contributed by atoms with Crippen molar-refractivity contribution in [3.63, 3.8) is 0 Å². The van der Waals surface area contributed by atoms with Crippen molar-refractivity contribution in [1.82, 2.24) is 24.5 Å². The molecular formula is C9H11N5O2. The van der Waals surface area contributed by atoms with Crippen LogP contribution in [0.2, 0.25) is 0 Å². The summed E-state index contributed by atoms with van der Waals surface area (Å²) in [6.45, 7) is 2.43. The molecule has 0 aliphatic carbocycles. The van der Waals surface area contributed by atoms with Crippen molar-refractivity contribution in [2.24, 2.45) is 7.05 Å². The smallest absolute Gasteiger partial charge is 0.358 e. The van der Waals surface area contributed by atoms with Crippen LogP contribution in [0, 0.1) is 0 Å². The Bertz CT molecular complexity index is 528. The summed E-state index contributed by atoms with van der Waals surface area (Å²) in [6.07, 6.45) is 3.20. The fraction of sp³-hybridized carbons (Fsp3) is 0.333. The largest absolute Gasteiger partial charge is 0.476 e. The SMILES string of the molecule is CCn1nnc(C(=O)O)c1-c1cncn1C. The van der Waals surface area contributed by atoms with Gasteiger partial charge in [0.05, 0.1) is 18.2 Å². The standard InChI is InChI=1S/C9H11N5O2/c1-3-14-8(6-4-10-5-13(6)2)7(9(15)16)11-12-14/h4-5H,3H2,1-2H3,(H,15,16). The number of carboxylic acid groups (broad SMARTS) is 1. The van der Waals surface area contributed by atoms with E-state index in [1.165, 1.54) is 0 Å². The number of nitrogens with zero attached hydrogens (tertiary/aromatic N) is 5. The molecule has 2 aromatic heterocycles. The first kappa shape index (κ1) is 10.3. The van der Waals surface area contributed by atoms with Gasteiger partial charge in [-0.25, -0.2) is 14.5 Å². The van der Waals surface area contributed by atoms with E-state index in [1.807, 2.05) is 6.92 Å². The van der Waals surface area contributed by atoms with Crippen LogP contribution >= 0.6 is 0 Å². The number of rotatable bonds is 3. The van der Waals surface area contributed by atoms with Gasteiger partial charge in [-0.15, -0.1) is 5.10 Å². The minimum absolute atomic E-state index is 0.0505. The molecule has 0 radical (unpaired) electrons. The van der Waals surface area contributed by atoms with Crippen molar-refractivity contribution in [2.45, 2.75) is 13.5 Å². The van der Waals surface area contributed by atoms with E-state index >= 15 is 0 Å². The van der Waals surface area contributed by atoms with Gasteiger partial charge in [-0.05, 0) is 6.92 Å². The molecule has 2 rings (SSSR count). The highest BCUT2D eigenvalue weighted by atomic mass is 16.4. The van der Waals surface area contributed by atoms with Crippen molar-refractivity contribution in [3.8, 4) is 11.4 Å². The molecule has 0 aromatic carbocycles. The van der Waals surface area contributed by atoms with E-state index in [9.17, 15) is 4.79 Å². The summed E-state index contributed by atoms with van der Waals surface area (Å²) < 4.78 is 3.28. The summed E-state index contributed by atoms with van der Waals surface area (Å²) in [5, 5.41) is 16.5. The average Bonchev–Trinajstić information content (AvgIpc) is 2.82. The molecule has 1 N–H and O–H groups in total. The van der Waals surface area contributed by atoms with Crippen LogP contribution in [0.25, 0.3) is 11.4 Å². The highest BCUT2D eigenvalue weighted by molar-refractivity contribution is 5.92. The number of aromatic carboxylic acids is 1. The molecule has 0 aliphatic rings. The zero-order chi connectivity index (χ0) is 11.7. The summed E-state index contributed by atoms with van der Waals surface area (Å²) in [4.78, 5) is 15.0. The maximum Gasteiger partial charge on any atom is 0.358 e. The van der Waals surface area contributed by atoms with Gasteiger partial charge in [0.25, 0.3) is 0 Å². The molecule has 2 heterocycles. The van der Waals surface area contributed by atoms with Crippen LogP contribution in [-0.4, -0.2) is 35.6 Å². The van der Waals surface area contributed by atoms with Gasteiger partial charge >= 0.3 is 5.97 Å². The van der Waals surface area contributed by atoms with Gasteiger partial charge in [0.1, 0.15) is 5.69 Å². The van der Waals surface area contributed by atoms with E-state index in [0.29, 0.717) is 17.9 Å². The second-order valence-corrected chi connectivity index (χ2v) is 3.30. The quantitative estimate of drug-likeness (QED) is 0.810. The normalized spacial score (nSPS) is 10.6. The Hall–Kier alpha value is -2.18. The van der Waals surface area contributed by atoms with Crippen LogP contribution in [0.15, 0.2) is 12.5 Å². The van der Waals surface area contributed by atoms with E-state index < -0.39 is 5.97 Å². The lowest BCUT2D eigenvalue weighted by Crippen LogP contribution is -2.05. The monoisotopic (exact) mass is 221 g/mol. The van der Waals surface area contributed by atoms with Crippen molar-refractivity contribution < 1.29 is 9.90 Å². The molecule has 0 unspecified atom stereocenters. The number of aryl methyl sites for hydroxylation is 2. The van der Waals surface area contributed by atoms with Crippen molar-refractivity contribution >= 4 is 5.97 Å². The van der Waals surface area contributed by atoms with Crippen molar-refractivity contribution in [3.05, 3.63) is 18.2 Å². The maximum absolute atomic E-state index is 11.0. The van der Waals surface area contributed by atoms with Crippen LogP contribution in [0.1, 0.15) is 17.4 Å². The predicted octanol–water partition coefficient (Wildman–Crippen LogP) is 0.397. The van der Waals surface area contributed by atoms with Gasteiger partial charge in [0.2, 0.25) is 0 Å². The Morgan fingerprint density at radius 1 is 1.56 bits per heavy atom. The Balaban J connectivity index is 2.66. The molecule has 84 valence electrons. The maximum atomic E-state index is 11.0. The molecule has 0 fully saturated rings. The molecular weight excluding hydrogens is 210 g/mol. The lowest BCUT2D eigenvalue weighted by molar-refractivity contribution is 0.0691. The molecule has 0 amide bonds. The van der Waals surface area contributed by atoms with Gasteiger partial charge in [-0.1, -0.05) is 5.21 Å². The highest BCUT2D eigenvalue weighted by Crippen LogP contribution is 2.21. The summed E-state index contributed by atoms with van der Waals surface area (Å²) in [6, 6.07) is 0. The van der Waals surface area contributed by atoms with E-state index in [4.69, 9.17) is 5.11 Å². The van der Waals surface area contributed by atoms with Crippen molar-refractivity contribution in [2.75, 3.05) is 0 Å². The molecule has 0 aliphatic heterocycles. The number of imidazole rings is 1. The molecule has 16 heavy (non-hydrogen) atoms. The second-order valence-electron chi connectivity index (χ2n) is 3.30. The zero-order valence-corrected chi connectivity index (χ0v) is 8.95. The highest BCUT2D eigenvalue weighted by Gasteiger charge is 2.21. The Kier molecular flexibility index (Phi) is 2.43. The first-order valence-electron chi connectivity index (χ1n) is 4.78. The summed E-state index contributed by atoms with van der Waals surface area (Å²) >= 11 is 0. The number of hydrogen-bond donors (Lipinski definition) is 1. The number of aromatic nitrogens is 5. The number of carboxylic acids is 1.